The lowest BCUT2D eigenvalue weighted by atomic mass is 10.0. The van der Waals surface area contributed by atoms with Crippen LogP contribution in [0.3, 0.4) is 0 Å². The van der Waals surface area contributed by atoms with Gasteiger partial charge in [-0.1, -0.05) is 55.5 Å². The summed E-state index contributed by atoms with van der Waals surface area (Å²) in [5.41, 5.74) is 4.49. The minimum Gasteiger partial charge on any atom is -0.410 e. The van der Waals surface area contributed by atoms with Gasteiger partial charge in [-0.05, 0) is 41.4 Å². The topological polar surface area (TPSA) is 87.6 Å². The molecule has 5 rings (SSSR count). The number of Topliss-reactive ketones (excluding diaryl/α,β-unsaturated/α-hetero) is 1. The van der Waals surface area contributed by atoms with E-state index in [1.165, 1.54) is 17.3 Å². The number of nitrogens with one attached hydrogen (secondary N) is 2. The van der Waals surface area contributed by atoms with Gasteiger partial charge in [0.1, 0.15) is 10.9 Å². The Kier molecular flexibility index (Phi) is 5.18. The molecule has 0 saturated heterocycles. The molecule has 0 aliphatic rings. The van der Waals surface area contributed by atoms with Crippen LogP contribution in [0.2, 0.25) is 0 Å². The number of carbonyl (C=O) groups is 1. The van der Waals surface area contributed by atoms with Gasteiger partial charge in [0.2, 0.25) is 0 Å². The lowest BCUT2D eigenvalue weighted by molar-refractivity contribution is 0.0990. The first kappa shape index (κ1) is 19.4. The van der Waals surface area contributed by atoms with Gasteiger partial charge in [-0.25, -0.2) is 0 Å². The number of aromatic amines is 2. The highest BCUT2D eigenvalue weighted by atomic mass is 32.2. The predicted molar refractivity (Wildman–Crippen MR) is 121 cm³/mol. The number of fused-ring (bicyclic) bond motifs is 1. The first-order valence-corrected chi connectivity index (χ1v) is 10.9. The molecule has 0 fully saturated rings. The molecule has 7 heteroatoms. The summed E-state index contributed by atoms with van der Waals surface area (Å²) in [6.45, 7) is 2.11. The number of rotatable bonds is 7. The van der Waals surface area contributed by atoms with Crippen LogP contribution in [0.5, 0.6) is 0 Å². The van der Waals surface area contributed by atoms with E-state index in [1.807, 2.05) is 54.6 Å². The van der Waals surface area contributed by atoms with E-state index in [1.54, 1.807) is 12.4 Å². The van der Waals surface area contributed by atoms with Crippen LogP contribution in [0.15, 0.2) is 82.7 Å². The molecule has 3 heterocycles. The summed E-state index contributed by atoms with van der Waals surface area (Å²) in [7, 11) is 0. The van der Waals surface area contributed by atoms with Crippen LogP contribution in [0.25, 0.3) is 22.5 Å². The Balaban J connectivity index is 1.52. The van der Waals surface area contributed by atoms with Crippen molar-refractivity contribution in [1.29, 1.82) is 0 Å². The van der Waals surface area contributed by atoms with E-state index in [-0.39, 0.29) is 5.78 Å². The van der Waals surface area contributed by atoms with Crippen molar-refractivity contribution in [2.24, 2.45) is 0 Å². The van der Waals surface area contributed by atoms with Gasteiger partial charge in [-0.3, -0.25) is 4.79 Å². The highest BCUT2D eigenvalue weighted by molar-refractivity contribution is 8.00. The summed E-state index contributed by atoms with van der Waals surface area (Å²) >= 11 is 1.27. The molecular formula is C24H20N4O2S. The van der Waals surface area contributed by atoms with Gasteiger partial charge in [0, 0.05) is 28.9 Å². The fourth-order valence-electron chi connectivity index (χ4n) is 3.69. The first-order chi connectivity index (χ1) is 15.2. The normalized spacial score (nSPS) is 12.3. The van der Waals surface area contributed by atoms with Crippen molar-refractivity contribution in [3.05, 3.63) is 89.7 Å². The number of hydrogen-bond acceptors (Lipinski definition) is 5. The molecule has 0 aliphatic heterocycles. The summed E-state index contributed by atoms with van der Waals surface area (Å²) in [6, 6.07) is 19.5. The number of thioether (sulfide) groups is 1. The standard InChI is InChI=1S/C24H20N4O2S/c1-2-15-10-6-11-17-18(14-26-20(15)17)21(29)22(16-8-4-3-5-9-16)31-24-28-27-23(30-24)19-12-7-13-25-19/h3-14,22,25-26H,2H2,1H3. The highest BCUT2D eigenvalue weighted by Gasteiger charge is 2.28. The minimum absolute atomic E-state index is 0.00433. The van der Waals surface area contributed by atoms with E-state index < -0.39 is 5.25 Å². The van der Waals surface area contributed by atoms with Gasteiger partial charge in [0.15, 0.2) is 5.78 Å². The molecule has 3 aromatic heterocycles. The SMILES string of the molecule is CCc1cccc2c(C(=O)C(Sc3nnc(-c4ccc[nH]4)o3)c3ccccc3)c[nH]c12. The molecule has 154 valence electrons. The Bertz CT molecular complexity index is 1320. The second kappa shape index (κ2) is 8.28. The van der Waals surface area contributed by atoms with Crippen LogP contribution >= 0.6 is 11.8 Å². The zero-order valence-electron chi connectivity index (χ0n) is 16.8. The molecule has 0 radical (unpaired) electrons. The highest BCUT2D eigenvalue weighted by Crippen LogP contribution is 2.39. The van der Waals surface area contributed by atoms with Crippen molar-refractivity contribution in [3.8, 4) is 11.6 Å². The molecule has 2 N–H and O–H groups in total. The van der Waals surface area contributed by atoms with Crippen LogP contribution in [0, 0.1) is 0 Å². The molecule has 1 unspecified atom stereocenters. The zero-order valence-corrected chi connectivity index (χ0v) is 17.6. The largest absolute Gasteiger partial charge is 0.410 e. The maximum atomic E-state index is 13.7. The van der Waals surface area contributed by atoms with Crippen LogP contribution < -0.4 is 0 Å². The van der Waals surface area contributed by atoms with Gasteiger partial charge in [0.25, 0.3) is 11.1 Å². The van der Waals surface area contributed by atoms with Crippen LogP contribution in [-0.2, 0) is 6.42 Å². The van der Waals surface area contributed by atoms with Gasteiger partial charge in [-0.15, -0.1) is 10.2 Å². The molecule has 31 heavy (non-hydrogen) atoms. The number of hydrogen-bond donors (Lipinski definition) is 2. The monoisotopic (exact) mass is 428 g/mol. The molecule has 1 atom stereocenters. The summed E-state index contributed by atoms with van der Waals surface area (Å²) < 4.78 is 5.82. The molecule has 0 spiro atoms. The number of aryl methyl sites for hydroxylation is 1. The van der Waals surface area contributed by atoms with E-state index >= 15 is 0 Å². The average molecular weight is 429 g/mol. The lowest BCUT2D eigenvalue weighted by Crippen LogP contribution is -2.09. The summed E-state index contributed by atoms with van der Waals surface area (Å²) in [4.78, 5) is 20.1. The van der Waals surface area contributed by atoms with Crippen molar-refractivity contribution in [1.82, 2.24) is 20.2 Å². The lowest BCUT2D eigenvalue weighted by Gasteiger charge is -2.13. The van der Waals surface area contributed by atoms with E-state index in [4.69, 9.17) is 4.42 Å². The third-order valence-electron chi connectivity index (χ3n) is 5.24. The molecule has 0 aliphatic carbocycles. The maximum Gasteiger partial charge on any atom is 0.277 e. The number of ketones is 1. The van der Waals surface area contributed by atoms with Crippen molar-refractivity contribution in [3.63, 3.8) is 0 Å². The van der Waals surface area contributed by atoms with Gasteiger partial charge < -0.3 is 14.4 Å². The molecule has 5 aromatic rings. The Labute approximate surface area is 183 Å². The summed E-state index contributed by atoms with van der Waals surface area (Å²) in [6.07, 6.45) is 4.50. The van der Waals surface area contributed by atoms with Crippen LogP contribution in [-0.4, -0.2) is 25.9 Å². The molecule has 0 saturated carbocycles. The quantitative estimate of drug-likeness (QED) is 0.252. The predicted octanol–water partition coefficient (Wildman–Crippen LogP) is 5.82. The number of benzene rings is 2. The van der Waals surface area contributed by atoms with Crippen LogP contribution in [0.4, 0.5) is 0 Å². The number of carbonyl (C=O) groups excluding carboxylic acids is 1. The molecule has 2 aromatic carbocycles. The molecular weight excluding hydrogens is 408 g/mol. The zero-order chi connectivity index (χ0) is 21.2. The van der Waals surface area contributed by atoms with E-state index in [0.717, 1.165) is 28.6 Å². The fraction of sp³-hybridized carbons (Fsp3) is 0.125. The van der Waals surface area contributed by atoms with Crippen LogP contribution in [0.1, 0.15) is 33.7 Å². The summed E-state index contributed by atoms with van der Waals surface area (Å²) in [5.74, 6) is 0.391. The Morgan fingerprint density at radius 3 is 2.68 bits per heavy atom. The number of H-pyrrole nitrogens is 2. The molecule has 0 amide bonds. The Morgan fingerprint density at radius 2 is 1.90 bits per heavy atom. The van der Waals surface area contributed by atoms with Gasteiger partial charge in [-0.2, -0.15) is 0 Å². The minimum atomic E-state index is -0.512. The fourth-order valence-corrected chi connectivity index (χ4v) is 4.63. The van der Waals surface area contributed by atoms with E-state index in [2.05, 4.69) is 33.2 Å². The first-order valence-electron chi connectivity index (χ1n) is 10.1. The Hall–Kier alpha value is -3.58. The summed E-state index contributed by atoms with van der Waals surface area (Å²) in [5, 5.41) is 9.04. The number of para-hydroxylation sites is 1. The van der Waals surface area contributed by atoms with Crippen molar-refractivity contribution in [2.45, 2.75) is 23.8 Å². The molecule has 6 nitrogen and oxygen atoms in total. The van der Waals surface area contributed by atoms with Crippen molar-refractivity contribution in [2.75, 3.05) is 0 Å². The smallest absolute Gasteiger partial charge is 0.277 e. The number of nitrogens with zero attached hydrogens (tertiary/aromatic N) is 2. The second-order valence-electron chi connectivity index (χ2n) is 7.13. The van der Waals surface area contributed by atoms with Gasteiger partial charge >= 0.3 is 0 Å². The second-order valence-corrected chi connectivity index (χ2v) is 8.18. The Morgan fingerprint density at radius 1 is 1.03 bits per heavy atom. The molecule has 0 bridgehead atoms. The van der Waals surface area contributed by atoms with Crippen molar-refractivity contribution >= 4 is 28.4 Å². The maximum absolute atomic E-state index is 13.7. The van der Waals surface area contributed by atoms with E-state index in [9.17, 15) is 4.79 Å². The third kappa shape index (κ3) is 3.68. The number of aromatic nitrogens is 4. The third-order valence-corrected chi connectivity index (χ3v) is 6.33. The average Bonchev–Trinajstić information content (AvgIpc) is 3.57. The van der Waals surface area contributed by atoms with Gasteiger partial charge in [0.05, 0.1) is 0 Å². The van der Waals surface area contributed by atoms with Crippen molar-refractivity contribution < 1.29 is 9.21 Å². The van der Waals surface area contributed by atoms with E-state index in [0.29, 0.717) is 16.7 Å².